The summed E-state index contributed by atoms with van der Waals surface area (Å²) in [6, 6.07) is 10.9. The predicted molar refractivity (Wildman–Crippen MR) is 107 cm³/mol. The third kappa shape index (κ3) is 3.89. The van der Waals surface area contributed by atoms with Crippen LogP contribution in [-0.2, 0) is 11.2 Å². The molecule has 6 nitrogen and oxygen atoms in total. The lowest BCUT2D eigenvalue weighted by Crippen LogP contribution is -2.50. The van der Waals surface area contributed by atoms with Gasteiger partial charge in [-0.15, -0.1) is 0 Å². The Bertz CT molecular complexity index is 773. The maximum Gasteiger partial charge on any atom is 0.225 e. The van der Waals surface area contributed by atoms with Gasteiger partial charge in [0.15, 0.2) is 0 Å². The summed E-state index contributed by atoms with van der Waals surface area (Å²) in [6.07, 6.45) is 6.38. The first-order chi connectivity index (χ1) is 13.2. The molecule has 27 heavy (non-hydrogen) atoms. The van der Waals surface area contributed by atoms with E-state index in [0.717, 1.165) is 51.5 Å². The van der Waals surface area contributed by atoms with Gasteiger partial charge in [0.1, 0.15) is 0 Å². The Morgan fingerprint density at radius 3 is 2.59 bits per heavy atom. The number of carbonyl (C=O) groups excluding carboxylic acids is 1. The highest BCUT2D eigenvalue weighted by Gasteiger charge is 2.26. The summed E-state index contributed by atoms with van der Waals surface area (Å²) >= 11 is 0. The van der Waals surface area contributed by atoms with Crippen molar-refractivity contribution in [3.63, 3.8) is 0 Å². The van der Waals surface area contributed by atoms with E-state index >= 15 is 0 Å². The fraction of sp³-hybridized carbons (Fsp3) is 0.476. The summed E-state index contributed by atoms with van der Waals surface area (Å²) in [7, 11) is 0. The zero-order valence-corrected chi connectivity index (χ0v) is 15.9. The first-order valence-corrected chi connectivity index (χ1v) is 9.86. The van der Waals surface area contributed by atoms with E-state index in [2.05, 4.69) is 51.0 Å². The third-order valence-electron chi connectivity index (χ3n) is 5.70. The van der Waals surface area contributed by atoms with Gasteiger partial charge in [0.05, 0.1) is 0 Å². The number of amides is 1. The second-order valence-corrected chi connectivity index (χ2v) is 7.38. The van der Waals surface area contributed by atoms with Crippen molar-refractivity contribution in [2.24, 2.45) is 0 Å². The molecule has 4 rings (SSSR count). The Labute approximate surface area is 160 Å². The van der Waals surface area contributed by atoms with E-state index in [9.17, 15) is 4.79 Å². The van der Waals surface area contributed by atoms with Crippen LogP contribution in [0.15, 0.2) is 42.7 Å². The minimum atomic E-state index is 0.249. The van der Waals surface area contributed by atoms with Gasteiger partial charge >= 0.3 is 0 Å². The lowest BCUT2D eigenvalue weighted by Gasteiger charge is -2.38. The van der Waals surface area contributed by atoms with Gasteiger partial charge in [0, 0.05) is 63.3 Å². The number of aryl methyl sites for hydroxylation is 1. The van der Waals surface area contributed by atoms with Crippen molar-refractivity contribution in [2.75, 3.05) is 42.5 Å². The molecule has 1 aromatic carbocycles. The van der Waals surface area contributed by atoms with E-state index in [0.29, 0.717) is 12.5 Å². The van der Waals surface area contributed by atoms with E-state index in [1.165, 1.54) is 11.3 Å². The molecule has 1 fully saturated rings. The Morgan fingerprint density at radius 1 is 1.07 bits per heavy atom. The highest BCUT2D eigenvalue weighted by Crippen LogP contribution is 2.30. The number of anilines is 2. The molecule has 3 heterocycles. The minimum Gasteiger partial charge on any atom is -0.368 e. The fourth-order valence-electron chi connectivity index (χ4n) is 4.09. The highest BCUT2D eigenvalue weighted by atomic mass is 16.2. The smallest absolute Gasteiger partial charge is 0.225 e. The van der Waals surface area contributed by atoms with E-state index in [4.69, 9.17) is 0 Å². The Morgan fingerprint density at radius 2 is 1.81 bits per heavy atom. The van der Waals surface area contributed by atoms with Crippen molar-refractivity contribution in [3.05, 3.63) is 48.3 Å². The molecule has 2 aromatic rings. The number of para-hydroxylation sites is 1. The second-order valence-electron chi connectivity index (χ2n) is 7.38. The topological polar surface area (TPSA) is 52.6 Å². The molecule has 1 atom stereocenters. The molecule has 0 saturated carbocycles. The molecule has 1 unspecified atom stereocenters. The lowest BCUT2D eigenvalue weighted by molar-refractivity contribution is -0.131. The number of piperazine rings is 1. The van der Waals surface area contributed by atoms with Crippen molar-refractivity contribution in [2.45, 2.75) is 32.2 Å². The van der Waals surface area contributed by atoms with Gasteiger partial charge in [-0.1, -0.05) is 18.2 Å². The molecule has 0 bridgehead atoms. The number of aromatic nitrogens is 2. The number of benzene rings is 1. The van der Waals surface area contributed by atoms with Gasteiger partial charge in [-0.05, 0) is 37.5 Å². The first kappa shape index (κ1) is 17.8. The molecule has 0 aliphatic carbocycles. The van der Waals surface area contributed by atoms with Crippen LogP contribution in [-0.4, -0.2) is 59.5 Å². The highest BCUT2D eigenvalue weighted by molar-refractivity contribution is 5.77. The first-order valence-electron chi connectivity index (χ1n) is 9.86. The van der Waals surface area contributed by atoms with Gasteiger partial charge in [-0.3, -0.25) is 4.79 Å². The maximum absolute atomic E-state index is 12.8. The number of nitrogens with zero attached hydrogens (tertiary/aromatic N) is 5. The normalized spacial score (nSPS) is 19.7. The Hall–Kier alpha value is -2.63. The molecule has 1 aromatic heterocycles. The number of carbonyl (C=O) groups is 1. The van der Waals surface area contributed by atoms with Gasteiger partial charge in [0.25, 0.3) is 0 Å². The molecular formula is C21H27N5O. The zero-order chi connectivity index (χ0) is 18.6. The summed E-state index contributed by atoms with van der Waals surface area (Å²) in [6.45, 7) is 6.11. The summed E-state index contributed by atoms with van der Waals surface area (Å²) in [5, 5.41) is 0. The van der Waals surface area contributed by atoms with E-state index in [1.54, 1.807) is 12.4 Å². The summed E-state index contributed by atoms with van der Waals surface area (Å²) in [5.41, 5.74) is 2.70. The van der Waals surface area contributed by atoms with Crippen LogP contribution in [0.4, 0.5) is 11.6 Å². The minimum absolute atomic E-state index is 0.249. The Kier molecular flexibility index (Phi) is 5.23. The van der Waals surface area contributed by atoms with Crippen LogP contribution in [0.25, 0.3) is 0 Å². The van der Waals surface area contributed by atoms with Gasteiger partial charge < -0.3 is 14.7 Å². The zero-order valence-electron chi connectivity index (χ0n) is 15.9. The molecule has 0 radical (unpaired) electrons. The number of hydrogen-bond acceptors (Lipinski definition) is 5. The third-order valence-corrected chi connectivity index (χ3v) is 5.70. The summed E-state index contributed by atoms with van der Waals surface area (Å²) in [5.74, 6) is 1.00. The van der Waals surface area contributed by atoms with Crippen LogP contribution >= 0.6 is 0 Å². The van der Waals surface area contributed by atoms with Crippen LogP contribution in [0.2, 0.25) is 0 Å². The van der Waals surface area contributed by atoms with Crippen molar-refractivity contribution in [1.82, 2.24) is 14.9 Å². The van der Waals surface area contributed by atoms with E-state index in [-0.39, 0.29) is 5.91 Å². The average Bonchev–Trinajstić information content (AvgIpc) is 2.73. The largest absolute Gasteiger partial charge is 0.368 e. The van der Waals surface area contributed by atoms with Gasteiger partial charge in [-0.25, -0.2) is 9.97 Å². The lowest BCUT2D eigenvalue weighted by atomic mass is 9.96. The average molecular weight is 365 g/mol. The number of rotatable bonds is 4. The number of fused-ring (bicyclic) bond motifs is 1. The van der Waals surface area contributed by atoms with Crippen molar-refractivity contribution >= 4 is 17.5 Å². The van der Waals surface area contributed by atoms with Crippen LogP contribution < -0.4 is 9.80 Å². The second kappa shape index (κ2) is 7.94. The molecule has 2 aliphatic heterocycles. The molecule has 0 spiro atoms. The monoisotopic (exact) mass is 365 g/mol. The van der Waals surface area contributed by atoms with Crippen molar-refractivity contribution < 1.29 is 4.79 Å². The van der Waals surface area contributed by atoms with Gasteiger partial charge in [0.2, 0.25) is 11.9 Å². The Balaban J connectivity index is 1.32. The van der Waals surface area contributed by atoms with Crippen molar-refractivity contribution in [1.29, 1.82) is 0 Å². The van der Waals surface area contributed by atoms with E-state index in [1.807, 2.05) is 11.0 Å². The van der Waals surface area contributed by atoms with Crippen LogP contribution in [0, 0.1) is 0 Å². The number of hydrogen-bond donors (Lipinski definition) is 0. The van der Waals surface area contributed by atoms with Gasteiger partial charge in [-0.2, -0.15) is 0 Å². The van der Waals surface area contributed by atoms with Crippen LogP contribution in [0.3, 0.4) is 0 Å². The fourth-order valence-corrected chi connectivity index (χ4v) is 4.09. The maximum atomic E-state index is 12.8. The molecular weight excluding hydrogens is 338 g/mol. The van der Waals surface area contributed by atoms with Crippen molar-refractivity contribution in [3.8, 4) is 0 Å². The molecule has 1 amide bonds. The SMILES string of the molecule is CC1CCc2ccccc2N1CCC(=O)N1CCN(c2ncccn2)CC1. The van der Waals surface area contributed by atoms with Crippen LogP contribution in [0.5, 0.6) is 0 Å². The summed E-state index contributed by atoms with van der Waals surface area (Å²) < 4.78 is 0. The predicted octanol–water partition coefficient (Wildman–Crippen LogP) is 2.36. The van der Waals surface area contributed by atoms with Crippen LogP contribution in [0.1, 0.15) is 25.3 Å². The molecule has 0 N–H and O–H groups in total. The molecule has 2 aliphatic rings. The quantitative estimate of drug-likeness (QED) is 0.833. The molecule has 142 valence electrons. The molecule has 6 heteroatoms. The standard InChI is InChI=1S/C21H27N5O/c1-17-7-8-18-5-2-3-6-19(18)26(17)12-9-20(27)24-13-15-25(16-14-24)21-22-10-4-11-23-21/h2-6,10-11,17H,7-9,12-16H2,1H3. The summed E-state index contributed by atoms with van der Waals surface area (Å²) in [4.78, 5) is 27.9. The molecule has 1 saturated heterocycles. The van der Waals surface area contributed by atoms with E-state index < -0.39 is 0 Å².